The van der Waals surface area contributed by atoms with Crippen LogP contribution in [0.3, 0.4) is 0 Å². The first-order valence-electron chi connectivity index (χ1n) is 8.42. The van der Waals surface area contributed by atoms with Gasteiger partial charge in [0.15, 0.2) is 5.82 Å². The average Bonchev–Trinajstić information content (AvgIpc) is 2.62. The van der Waals surface area contributed by atoms with E-state index in [1.54, 1.807) is 24.5 Å². The number of hydrogen-bond acceptors (Lipinski definition) is 6. The minimum Gasteiger partial charge on any atom is -0.472 e. The van der Waals surface area contributed by atoms with E-state index in [4.69, 9.17) is 10.5 Å². The lowest BCUT2D eigenvalue weighted by molar-refractivity contribution is 0.100. The van der Waals surface area contributed by atoms with Crippen LogP contribution < -0.4 is 20.3 Å². The number of nitrogens with two attached hydrogens (primary N) is 1. The van der Waals surface area contributed by atoms with Crippen molar-refractivity contribution >= 4 is 17.4 Å². The summed E-state index contributed by atoms with van der Waals surface area (Å²) in [5.41, 5.74) is 6.90. The Hall–Kier alpha value is -2.83. The van der Waals surface area contributed by atoms with Crippen LogP contribution in [0.5, 0.6) is 5.88 Å². The van der Waals surface area contributed by atoms with Gasteiger partial charge in [-0.2, -0.15) is 0 Å². The fourth-order valence-corrected chi connectivity index (χ4v) is 2.85. The number of nitrogens with zero attached hydrogens (tertiary/aromatic N) is 4. The number of amides is 1. The number of benzene rings is 1. The molecule has 0 radical (unpaired) electrons. The molecule has 7 nitrogen and oxygen atoms in total. The first-order chi connectivity index (χ1) is 12.0. The van der Waals surface area contributed by atoms with Gasteiger partial charge >= 0.3 is 0 Å². The minimum atomic E-state index is -0.406. The molecule has 1 saturated heterocycles. The Kier molecular flexibility index (Phi) is 5.02. The summed E-state index contributed by atoms with van der Waals surface area (Å²) in [7, 11) is 0. The SMILES string of the molecule is CC(C)Oc1nccnc1N1CCN(c2ccc(C(N)=O)cc2)CC1. The van der Waals surface area contributed by atoms with Gasteiger partial charge in [0.05, 0.1) is 6.10 Å². The van der Waals surface area contributed by atoms with Crippen LogP contribution in [0.1, 0.15) is 24.2 Å². The van der Waals surface area contributed by atoms with E-state index in [0.717, 1.165) is 37.7 Å². The van der Waals surface area contributed by atoms with Gasteiger partial charge in [-0.25, -0.2) is 9.97 Å². The molecule has 0 saturated carbocycles. The van der Waals surface area contributed by atoms with E-state index in [0.29, 0.717) is 11.4 Å². The Morgan fingerprint density at radius 1 is 1.04 bits per heavy atom. The molecule has 1 aromatic heterocycles. The molecule has 2 heterocycles. The van der Waals surface area contributed by atoms with E-state index in [2.05, 4.69) is 19.8 Å². The van der Waals surface area contributed by atoms with Crippen molar-refractivity contribution in [1.29, 1.82) is 0 Å². The van der Waals surface area contributed by atoms with Gasteiger partial charge in [-0.15, -0.1) is 0 Å². The third-order valence-corrected chi connectivity index (χ3v) is 4.09. The number of piperazine rings is 1. The number of carbonyl (C=O) groups is 1. The molecule has 0 atom stereocenters. The number of primary amides is 1. The maximum atomic E-state index is 11.2. The molecule has 7 heteroatoms. The maximum absolute atomic E-state index is 11.2. The van der Waals surface area contributed by atoms with Crippen molar-refractivity contribution in [2.24, 2.45) is 5.73 Å². The zero-order valence-electron chi connectivity index (χ0n) is 14.6. The molecular weight excluding hydrogens is 318 g/mol. The molecule has 0 aliphatic carbocycles. The van der Waals surface area contributed by atoms with Crippen molar-refractivity contribution in [2.75, 3.05) is 36.0 Å². The molecule has 0 bridgehead atoms. The average molecular weight is 341 g/mol. The summed E-state index contributed by atoms with van der Waals surface area (Å²) in [6, 6.07) is 7.40. The predicted octanol–water partition coefficient (Wildman–Crippen LogP) is 1.69. The second-order valence-electron chi connectivity index (χ2n) is 6.24. The molecule has 1 aliphatic rings. The number of rotatable bonds is 5. The molecular formula is C18H23N5O2. The monoisotopic (exact) mass is 341 g/mol. The Labute approximate surface area is 147 Å². The normalized spacial score (nSPS) is 14.7. The van der Waals surface area contributed by atoms with Crippen molar-refractivity contribution < 1.29 is 9.53 Å². The number of ether oxygens (including phenoxy) is 1. The van der Waals surface area contributed by atoms with Gasteiger partial charge in [0.1, 0.15) is 0 Å². The maximum Gasteiger partial charge on any atom is 0.257 e. The number of aromatic nitrogens is 2. The van der Waals surface area contributed by atoms with Crippen molar-refractivity contribution in [2.45, 2.75) is 20.0 Å². The Bertz CT molecular complexity index is 725. The number of hydrogen-bond donors (Lipinski definition) is 1. The van der Waals surface area contributed by atoms with Crippen LogP contribution in [0.2, 0.25) is 0 Å². The van der Waals surface area contributed by atoms with Crippen LogP contribution in [0.4, 0.5) is 11.5 Å². The highest BCUT2D eigenvalue weighted by Gasteiger charge is 2.22. The lowest BCUT2D eigenvalue weighted by Crippen LogP contribution is -2.47. The Morgan fingerprint density at radius 2 is 1.64 bits per heavy atom. The van der Waals surface area contributed by atoms with Gasteiger partial charge in [-0.1, -0.05) is 0 Å². The van der Waals surface area contributed by atoms with Crippen molar-refractivity contribution in [3.05, 3.63) is 42.2 Å². The van der Waals surface area contributed by atoms with Crippen LogP contribution in [-0.2, 0) is 0 Å². The molecule has 2 N–H and O–H groups in total. The van der Waals surface area contributed by atoms with Gasteiger partial charge in [0.2, 0.25) is 5.91 Å². The minimum absolute atomic E-state index is 0.0560. The van der Waals surface area contributed by atoms with Gasteiger partial charge in [0.25, 0.3) is 5.88 Å². The topological polar surface area (TPSA) is 84.6 Å². The molecule has 132 valence electrons. The Morgan fingerprint density at radius 3 is 2.24 bits per heavy atom. The second-order valence-corrected chi connectivity index (χ2v) is 6.24. The summed E-state index contributed by atoms with van der Waals surface area (Å²) in [6.45, 7) is 7.31. The Balaban J connectivity index is 1.67. The van der Waals surface area contributed by atoms with E-state index >= 15 is 0 Å². The smallest absolute Gasteiger partial charge is 0.257 e. The molecule has 1 aliphatic heterocycles. The van der Waals surface area contributed by atoms with Crippen LogP contribution in [0.15, 0.2) is 36.7 Å². The summed E-state index contributed by atoms with van der Waals surface area (Å²) in [6.07, 6.45) is 3.40. The lowest BCUT2D eigenvalue weighted by Gasteiger charge is -2.37. The van der Waals surface area contributed by atoms with Crippen LogP contribution >= 0.6 is 0 Å². The fourth-order valence-electron chi connectivity index (χ4n) is 2.85. The molecule has 1 aromatic carbocycles. The van der Waals surface area contributed by atoms with E-state index < -0.39 is 5.91 Å². The zero-order valence-corrected chi connectivity index (χ0v) is 14.6. The lowest BCUT2D eigenvalue weighted by atomic mass is 10.1. The van der Waals surface area contributed by atoms with Crippen LogP contribution in [0, 0.1) is 0 Å². The van der Waals surface area contributed by atoms with E-state index in [-0.39, 0.29) is 6.10 Å². The van der Waals surface area contributed by atoms with Gasteiger partial charge in [0, 0.05) is 49.8 Å². The fraction of sp³-hybridized carbons (Fsp3) is 0.389. The summed E-state index contributed by atoms with van der Waals surface area (Å²) in [5, 5.41) is 0. The summed E-state index contributed by atoms with van der Waals surface area (Å²) < 4.78 is 5.77. The standard InChI is InChI=1S/C18H23N5O2/c1-13(2)25-18-17(20-7-8-21-18)23-11-9-22(10-12-23)15-5-3-14(4-6-15)16(19)24/h3-8,13H,9-12H2,1-2H3,(H2,19,24). The highest BCUT2D eigenvalue weighted by Crippen LogP contribution is 2.26. The highest BCUT2D eigenvalue weighted by molar-refractivity contribution is 5.93. The van der Waals surface area contributed by atoms with Crippen LogP contribution in [-0.4, -0.2) is 48.2 Å². The van der Waals surface area contributed by atoms with E-state index in [9.17, 15) is 4.79 Å². The summed E-state index contributed by atoms with van der Waals surface area (Å²) in [4.78, 5) is 24.4. The molecule has 2 aromatic rings. The summed E-state index contributed by atoms with van der Waals surface area (Å²) in [5.74, 6) is 0.966. The van der Waals surface area contributed by atoms with Crippen molar-refractivity contribution in [3.8, 4) is 5.88 Å². The van der Waals surface area contributed by atoms with E-state index in [1.165, 1.54) is 0 Å². The highest BCUT2D eigenvalue weighted by atomic mass is 16.5. The molecule has 0 unspecified atom stereocenters. The second kappa shape index (κ2) is 7.38. The van der Waals surface area contributed by atoms with Gasteiger partial charge in [-0.05, 0) is 38.1 Å². The van der Waals surface area contributed by atoms with Gasteiger partial charge < -0.3 is 20.3 Å². The molecule has 0 spiro atoms. The molecule has 1 amide bonds. The van der Waals surface area contributed by atoms with Gasteiger partial charge in [-0.3, -0.25) is 4.79 Å². The first-order valence-corrected chi connectivity index (χ1v) is 8.42. The molecule has 1 fully saturated rings. The number of anilines is 2. The molecule has 25 heavy (non-hydrogen) atoms. The van der Waals surface area contributed by atoms with Crippen molar-refractivity contribution in [1.82, 2.24) is 9.97 Å². The third-order valence-electron chi connectivity index (χ3n) is 4.09. The quantitative estimate of drug-likeness (QED) is 0.891. The van der Waals surface area contributed by atoms with E-state index in [1.807, 2.05) is 26.0 Å². The van der Waals surface area contributed by atoms with Crippen molar-refractivity contribution in [3.63, 3.8) is 0 Å². The molecule has 3 rings (SSSR count). The predicted molar refractivity (Wildman–Crippen MR) is 97.2 cm³/mol. The third kappa shape index (κ3) is 3.99. The first kappa shape index (κ1) is 17.0. The summed E-state index contributed by atoms with van der Waals surface area (Å²) >= 11 is 0. The number of carbonyl (C=O) groups excluding carboxylic acids is 1. The van der Waals surface area contributed by atoms with Crippen LogP contribution in [0.25, 0.3) is 0 Å². The largest absolute Gasteiger partial charge is 0.472 e. The zero-order chi connectivity index (χ0) is 17.8.